The van der Waals surface area contributed by atoms with Gasteiger partial charge >= 0.3 is 5.97 Å². The number of aromatic nitrogens is 3. The maximum atomic E-state index is 13.3. The second-order valence-corrected chi connectivity index (χ2v) is 8.53. The first-order valence-corrected chi connectivity index (χ1v) is 10.1. The van der Waals surface area contributed by atoms with Crippen molar-refractivity contribution in [2.24, 2.45) is 0 Å². The Kier molecular flexibility index (Phi) is 5.33. The van der Waals surface area contributed by atoms with Gasteiger partial charge in [-0.25, -0.2) is 13.6 Å². The standard InChI is InChI=1S/C18H15ClF2N4O4S/c19-15-2-1-14(30-15)13-7-10(23-29-13)9-25-12(17(27)28)8-11(22-25)16(26)24-5-3-18(20,21)4-6-24/h1-2,7-8H,3-6,9H2,(H,27,28). The first-order chi connectivity index (χ1) is 14.2. The number of amides is 1. The summed E-state index contributed by atoms with van der Waals surface area (Å²) in [6.07, 6.45) is -0.862. The van der Waals surface area contributed by atoms with E-state index in [4.69, 9.17) is 16.1 Å². The summed E-state index contributed by atoms with van der Waals surface area (Å²) in [4.78, 5) is 26.2. The van der Waals surface area contributed by atoms with E-state index in [2.05, 4.69) is 10.3 Å². The van der Waals surface area contributed by atoms with Gasteiger partial charge in [-0.15, -0.1) is 11.3 Å². The molecule has 1 N–H and O–H groups in total. The fourth-order valence-electron chi connectivity index (χ4n) is 3.12. The number of thiophene rings is 1. The Labute approximate surface area is 177 Å². The van der Waals surface area contributed by atoms with Crippen molar-refractivity contribution in [3.63, 3.8) is 0 Å². The van der Waals surface area contributed by atoms with Gasteiger partial charge in [0.25, 0.3) is 11.8 Å². The highest BCUT2D eigenvalue weighted by Gasteiger charge is 2.36. The van der Waals surface area contributed by atoms with Gasteiger partial charge in [0.2, 0.25) is 0 Å². The van der Waals surface area contributed by atoms with E-state index < -0.39 is 30.6 Å². The Morgan fingerprint density at radius 3 is 2.63 bits per heavy atom. The van der Waals surface area contributed by atoms with E-state index in [0.717, 1.165) is 15.6 Å². The van der Waals surface area contributed by atoms with Crippen LogP contribution in [0.4, 0.5) is 8.78 Å². The van der Waals surface area contributed by atoms with Gasteiger partial charge in [-0.2, -0.15) is 5.10 Å². The van der Waals surface area contributed by atoms with E-state index in [1.807, 2.05) is 0 Å². The molecule has 1 fully saturated rings. The second-order valence-electron chi connectivity index (χ2n) is 6.81. The number of carboxylic acid groups (broad SMARTS) is 1. The van der Waals surface area contributed by atoms with Gasteiger partial charge in [-0.3, -0.25) is 9.48 Å². The lowest BCUT2D eigenvalue weighted by Crippen LogP contribution is -2.42. The quantitative estimate of drug-likeness (QED) is 0.625. The predicted molar refractivity (Wildman–Crippen MR) is 103 cm³/mol. The molecule has 0 spiro atoms. The van der Waals surface area contributed by atoms with Gasteiger partial charge < -0.3 is 14.5 Å². The summed E-state index contributed by atoms with van der Waals surface area (Å²) in [6, 6.07) is 6.25. The van der Waals surface area contributed by atoms with Crippen LogP contribution in [0.25, 0.3) is 10.6 Å². The molecule has 0 unspecified atom stereocenters. The molecule has 0 bridgehead atoms. The Balaban J connectivity index is 1.54. The number of carbonyl (C=O) groups is 2. The number of halogens is 3. The van der Waals surface area contributed by atoms with E-state index in [9.17, 15) is 23.5 Å². The molecule has 4 rings (SSSR count). The van der Waals surface area contributed by atoms with Crippen molar-refractivity contribution in [1.82, 2.24) is 19.8 Å². The number of alkyl halides is 2. The molecule has 0 radical (unpaired) electrons. The van der Waals surface area contributed by atoms with Crippen LogP contribution in [0.1, 0.15) is 39.5 Å². The Bertz CT molecular complexity index is 1100. The molecule has 0 aliphatic carbocycles. The zero-order valence-corrected chi connectivity index (χ0v) is 16.9. The van der Waals surface area contributed by atoms with Crippen molar-refractivity contribution in [3.8, 4) is 10.6 Å². The molecule has 3 aromatic heterocycles. The number of nitrogens with zero attached hydrogens (tertiary/aromatic N) is 4. The molecular formula is C18H15ClF2N4O4S. The van der Waals surface area contributed by atoms with Crippen LogP contribution in [0, 0.1) is 0 Å². The second kappa shape index (κ2) is 7.80. The van der Waals surface area contributed by atoms with Crippen LogP contribution < -0.4 is 0 Å². The predicted octanol–water partition coefficient (Wildman–Crippen LogP) is 3.87. The molecule has 158 valence electrons. The maximum Gasteiger partial charge on any atom is 0.354 e. The summed E-state index contributed by atoms with van der Waals surface area (Å²) in [7, 11) is 0. The van der Waals surface area contributed by atoms with Crippen LogP contribution in [-0.4, -0.2) is 55.8 Å². The number of hydrogen-bond donors (Lipinski definition) is 1. The number of rotatable bonds is 5. The summed E-state index contributed by atoms with van der Waals surface area (Å²) in [5, 5.41) is 17.5. The minimum atomic E-state index is -2.79. The fourth-order valence-corrected chi connectivity index (χ4v) is 4.11. The Hall–Kier alpha value is -2.79. The average Bonchev–Trinajstić information content (AvgIpc) is 3.41. The molecule has 8 nitrogen and oxygen atoms in total. The first-order valence-electron chi connectivity index (χ1n) is 8.91. The third-order valence-electron chi connectivity index (χ3n) is 4.69. The molecule has 1 amide bonds. The minimum Gasteiger partial charge on any atom is -0.477 e. The van der Waals surface area contributed by atoms with E-state index in [-0.39, 0.29) is 31.0 Å². The highest BCUT2D eigenvalue weighted by Crippen LogP contribution is 2.31. The summed E-state index contributed by atoms with van der Waals surface area (Å²) >= 11 is 7.22. The van der Waals surface area contributed by atoms with Crippen molar-refractivity contribution in [2.45, 2.75) is 25.3 Å². The lowest BCUT2D eigenvalue weighted by atomic mass is 10.1. The number of carboxylic acids is 1. The Morgan fingerprint density at radius 1 is 1.27 bits per heavy atom. The van der Waals surface area contributed by atoms with Crippen LogP contribution in [-0.2, 0) is 6.54 Å². The van der Waals surface area contributed by atoms with Crippen LogP contribution in [0.2, 0.25) is 4.34 Å². The molecule has 0 saturated carbocycles. The van der Waals surface area contributed by atoms with Gasteiger partial charge in [0.1, 0.15) is 11.4 Å². The van der Waals surface area contributed by atoms with Crippen LogP contribution in [0.3, 0.4) is 0 Å². The van der Waals surface area contributed by atoms with Gasteiger partial charge in [0.05, 0.1) is 15.8 Å². The number of piperidine rings is 1. The Morgan fingerprint density at radius 2 is 2.00 bits per heavy atom. The molecule has 1 aliphatic rings. The highest BCUT2D eigenvalue weighted by molar-refractivity contribution is 7.19. The van der Waals surface area contributed by atoms with Crippen LogP contribution >= 0.6 is 22.9 Å². The van der Waals surface area contributed by atoms with Crippen molar-refractivity contribution in [1.29, 1.82) is 0 Å². The van der Waals surface area contributed by atoms with Gasteiger partial charge in [0.15, 0.2) is 11.5 Å². The number of carbonyl (C=O) groups excluding carboxylic acids is 1. The van der Waals surface area contributed by atoms with E-state index in [1.54, 1.807) is 18.2 Å². The molecule has 30 heavy (non-hydrogen) atoms. The van der Waals surface area contributed by atoms with E-state index in [1.165, 1.54) is 16.2 Å². The number of aromatic carboxylic acids is 1. The maximum absolute atomic E-state index is 13.3. The lowest BCUT2D eigenvalue weighted by Gasteiger charge is -2.31. The first kappa shape index (κ1) is 20.5. The smallest absolute Gasteiger partial charge is 0.354 e. The normalized spacial score (nSPS) is 16.0. The number of likely N-dealkylation sites (tertiary alicyclic amines) is 1. The van der Waals surface area contributed by atoms with E-state index in [0.29, 0.717) is 15.8 Å². The van der Waals surface area contributed by atoms with Gasteiger partial charge in [0, 0.05) is 38.1 Å². The highest BCUT2D eigenvalue weighted by atomic mass is 35.5. The fraction of sp³-hybridized carbons (Fsp3) is 0.333. The minimum absolute atomic E-state index is 0.0460. The summed E-state index contributed by atoms with van der Waals surface area (Å²) < 4.78 is 33.6. The third-order valence-corrected chi connectivity index (χ3v) is 5.93. The monoisotopic (exact) mass is 456 g/mol. The van der Waals surface area contributed by atoms with Gasteiger partial charge in [-0.05, 0) is 12.1 Å². The molecule has 1 saturated heterocycles. The summed E-state index contributed by atoms with van der Waals surface area (Å²) in [6.45, 7) is -0.274. The molecule has 1 aliphatic heterocycles. The summed E-state index contributed by atoms with van der Waals surface area (Å²) in [5.74, 6) is -4.18. The summed E-state index contributed by atoms with van der Waals surface area (Å²) in [5.41, 5.74) is 0.0625. The zero-order chi connectivity index (χ0) is 21.5. The average molecular weight is 457 g/mol. The zero-order valence-electron chi connectivity index (χ0n) is 15.3. The van der Waals surface area contributed by atoms with Crippen molar-refractivity contribution in [2.75, 3.05) is 13.1 Å². The van der Waals surface area contributed by atoms with E-state index >= 15 is 0 Å². The lowest BCUT2D eigenvalue weighted by molar-refractivity contribution is -0.0495. The van der Waals surface area contributed by atoms with Crippen molar-refractivity contribution in [3.05, 3.63) is 45.7 Å². The molecule has 0 atom stereocenters. The third kappa shape index (κ3) is 4.21. The van der Waals surface area contributed by atoms with Gasteiger partial charge in [-0.1, -0.05) is 16.8 Å². The van der Waals surface area contributed by atoms with Crippen molar-refractivity contribution >= 4 is 34.8 Å². The molecule has 12 heteroatoms. The molecule has 3 aromatic rings. The molecular weight excluding hydrogens is 442 g/mol. The number of hydrogen-bond acceptors (Lipinski definition) is 6. The van der Waals surface area contributed by atoms with Crippen LogP contribution in [0.15, 0.2) is 28.8 Å². The molecule has 0 aromatic carbocycles. The van der Waals surface area contributed by atoms with Crippen LogP contribution in [0.5, 0.6) is 0 Å². The topological polar surface area (TPSA) is 101 Å². The largest absolute Gasteiger partial charge is 0.477 e. The van der Waals surface area contributed by atoms with Crippen molar-refractivity contribution < 1.29 is 28.0 Å². The molecule has 4 heterocycles. The SMILES string of the molecule is O=C(O)c1cc(C(=O)N2CCC(F)(F)CC2)nn1Cc1cc(-c2ccc(Cl)s2)on1.